The van der Waals surface area contributed by atoms with Crippen LogP contribution < -0.4 is 4.72 Å². The molecule has 0 amide bonds. The summed E-state index contributed by atoms with van der Waals surface area (Å²) in [7, 11) is -3.75. The van der Waals surface area contributed by atoms with Crippen molar-refractivity contribution in [2.24, 2.45) is 0 Å². The van der Waals surface area contributed by atoms with Crippen molar-refractivity contribution in [3.8, 4) is 0 Å². The van der Waals surface area contributed by atoms with Crippen LogP contribution in [0, 0.1) is 27.7 Å². The second kappa shape index (κ2) is 8.16. The summed E-state index contributed by atoms with van der Waals surface area (Å²) in [5.41, 5.74) is 2.48. The summed E-state index contributed by atoms with van der Waals surface area (Å²) in [5.74, 6) is -0.0154. The van der Waals surface area contributed by atoms with Crippen molar-refractivity contribution in [2.45, 2.75) is 70.5 Å². The highest BCUT2D eigenvalue weighted by molar-refractivity contribution is 7.89. The molecule has 0 aliphatic heterocycles. The standard InChI is InChI=1S/C20H25ClF3N3O2S/c1-11-10-12(2)14(4)18(13(11)3)30(28,29)25-8-5-9-27-17(15-6-7-15)16(21)19(26-27)20(22,23)24/h10,15,25H,5-9H2,1-4H3. The largest absolute Gasteiger partial charge is 0.436 e. The minimum absolute atomic E-state index is 0.0154. The van der Waals surface area contributed by atoms with Gasteiger partial charge in [0, 0.05) is 19.0 Å². The van der Waals surface area contributed by atoms with E-state index in [-0.39, 0.29) is 35.3 Å². The fourth-order valence-corrected chi connectivity index (χ4v) is 5.73. The summed E-state index contributed by atoms with van der Waals surface area (Å²) >= 11 is 5.96. The van der Waals surface area contributed by atoms with E-state index in [2.05, 4.69) is 9.82 Å². The molecule has 10 heteroatoms. The number of hydrogen-bond donors (Lipinski definition) is 1. The molecule has 0 unspecified atom stereocenters. The molecule has 2 aromatic rings. The fraction of sp³-hybridized carbons (Fsp3) is 0.550. The second-order valence-corrected chi connectivity index (χ2v) is 9.97. The molecule has 0 atom stereocenters. The SMILES string of the molecule is Cc1cc(C)c(C)c(S(=O)(=O)NCCCn2nc(C(F)(F)F)c(Cl)c2C2CC2)c1C. The average molecular weight is 464 g/mol. The number of halogens is 4. The molecule has 5 nitrogen and oxygen atoms in total. The zero-order valence-electron chi connectivity index (χ0n) is 17.3. The minimum atomic E-state index is -4.62. The number of alkyl halides is 3. The van der Waals surface area contributed by atoms with E-state index in [0.717, 1.165) is 24.0 Å². The monoisotopic (exact) mass is 463 g/mol. The van der Waals surface area contributed by atoms with Gasteiger partial charge >= 0.3 is 6.18 Å². The van der Waals surface area contributed by atoms with Crippen molar-refractivity contribution in [2.75, 3.05) is 6.54 Å². The van der Waals surface area contributed by atoms with E-state index in [1.807, 2.05) is 19.9 Å². The molecule has 1 fully saturated rings. The number of nitrogens with zero attached hydrogens (tertiary/aromatic N) is 2. The molecule has 0 spiro atoms. The van der Waals surface area contributed by atoms with Gasteiger partial charge in [0.1, 0.15) is 0 Å². The third-order valence-corrected chi connectivity index (χ3v) is 7.68. The highest BCUT2D eigenvalue weighted by Crippen LogP contribution is 2.46. The number of aromatic nitrogens is 2. The zero-order valence-corrected chi connectivity index (χ0v) is 18.9. The van der Waals surface area contributed by atoms with Crippen molar-refractivity contribution >= 4 is 21.6 Å². The average Bonchev–Trinajstić information content (AvgIpc) is 3.39. The van der Waals surface area contributed by atoms with Crippen LogP contribution in [-0.2, 0) is 22.7 Å². The Hall–Kier alpha value is -1.58. The first kappa shape index (κ1) is 23.1. The molecule has 166 valence electrons. The lowest BCUT2D eigenvalue weighted by molar-refractivity contribution is -0.141. The Balaban J connectivity index is 1.73. The lowest BCUT2D eigenvalue weighted by Gasteiger charge is -2.16. The Bertz CT molecular complexity index is 1050. The smallest absolute Gasteiger partial charge is 0.267 e. The van der Waals surface area contributed by atoms with Crippen LogP contribution in [0.4, 0.5) is 13.2 Å². The van der Waals surface area contributed by atoms with Crippen molar-refractivity contribution in [3.05, 3.63) is 44.7 Å². The summed E-state index contributed by atoms with van der Waals surface area (Å²) in [5, 5.41) is 3.33. The number of hydrogen-bond acceptors (Lipinski definition) is 3. The first-order valence-electron chi connectivity index (χ1n) is 9.75. The maximum Gasteiger partial charge on any atom is 0.436 e. The molecule has 0 saturated heterocycles. The van der Waals surface area contributed by atoms with Gasteiger partial charge in [0.25, 0.3) is 0 Å². The number of rotatable bonds is 7. The van der Waals surface area contributed by atoms with E-state index in [1.54, 1.807) is 13.8 Å². The number of nitrogens with one attached hydrogen (secondary N) is 1. The van der Waals surface area contributed by atoms with Gasteiger partial charge < -0.3 is 0 Å². The second-order valence-electron chi connectivity index (χ2n) is 7.88. The van der Waals surface area contributed by atoms with E-state index in [1.165, 1.54) is 4.68 Å². The maximum atomic E-state index is 13.1. The molecule has 1 aromatic heterocycles. The molecular formula is C20H25ClF3N3O2S. The van der Waals surface area contributed by atoms with Crippen molar-refractivity contribution in [1.82, 2.24) is 14.5 Å². The van der Waals surface area contributed by atoms with Gasteiger partial charge in [0.15, 0.2) is 5.69 Å². The van der Waals surface area contributed by atoms with Gasteiger partial charge in [0.05, 0.1) is 15.6 Å². The Kier molecular flexibility index (Phi) is 6.28. The number of aryl methyl sites for hydroxylation is 3. The molecule has 1 aliphatic rings. The Morgan fingerprint density at radius 2 is 1.73 bits per heavy atom. The summed E-state index contributed by atoms with van der Waals surface area (Å²) in [4.78, 5) is 0.264. The third kappa shape index (κ3) is 4.53. The topological polar surface area (TPSA) is 64.0 Å². The van der Waals surface area contributed by atoms with Gasteiger partial charge in [-0.05, 0) is 69.2 Å². The summed E-state index contributed by atoms with van der Waals surface area (Å²) in [6.07, 6.45) is -2.77. The van der Waals surface area contributed by atoms with Gasteiger partial charge in [-0.3, -0.25) is 4.68 Å². The first-order chi connectivity index (χ1) is 13.8. The molecule has 3 rings (SSSR count). The van der Waals surface area contributed by atoms with Crippen LogP contribution in [0.5, 0.6) is 0 Å². The molecule has 1 aromatic carbocycles. The lowest BCUT2D eigenvalue weighted by atomic mass is 10.0. The number of sulfonamides is 1. The van der Waals surface area contributed by atoms with Gasteiger partial charge in [-0.25, -0.2) is 13.1 Å². The molecule has 1 N–H and O–H groups in total. The summed E-state index contributed by atoms with van der Waals surface area (Å²) < 4.78 is 69.0. The van der Waals surface area contributed by atoms with Crippen LogP contribution in [0.15, 0.2) is 11.0 Å². The summed E-state index contributed by atoms with van der Waals surface area (Å²) in [6, 6.07) is 1.95. The Morgan fingerprint density at radius 3 is 2.23 bits per heavy atom. The van der Waals surface area contributed by atoms with Gasteiger partial charge in [-0.2, -0.15) is 18.3 Å². The van der Waals surface area contributed by atoms with Gasteiger partial charge in [0.2, 0.25) is 10.0 Å². The van der Waals surface area contributed by atoms with Crippen LogP contribution in [0.1, 0.15) is 58.8 Å². The van der Waals surface area contributed by atoms with E-state index in [9.17, 15) is 21.6 Å². The van der Waals surface area contributed by atoms with Crippen LogP contribution in [0.2, 0.25) is 5.02 Å². The highest BCUT2D eigenvalue weighted by Gasteiger charge is 2.41. The Morgan fingerprint density at radius 1 is 1.17 bits per heavy atom. The van der Waals surface area contributed by atoms with Crippen LogP contribution in [0.3, 0.4) is 0 Å². The predicted octanol–water partition coefficient (Wildman–Crippen LogP) is 5.03. The van der Waals surface area contributed by atoms with Gasteiger partial charge in [-0.15, -0.1) is 0 Å². The molecule has 0 radical (unpaired) electrons. The third-order valence-electron chi connectivity index (χ3n) is 5.57. The van der Waals surface area contributed by atoms with E-state index >= 15 is 0 Å². The van der Waals surface area contributed by atoms with Gasteiger partial charge in [-0.1, -0.05) is 17.7 Å². The van der Waals surface area contributed by atoms with Crippen molar-refractivity contribution in [1.29, 1.82) is 0 Å². The fourth-order valence-electron chi connectivity index (χ4n) is 3.64. The van der Waals surface area contributed by atoms with Crippen LogP contribution >= 0.6 is 11.6 Å². The Labute approximate surface area is 179 Å². The normalized spacial score (nSPS) is 15.1. The van der Waals surface area contributed by atoms with E-state index in [0.29, 0.717) is 16.8 Å². The molecular weight excluding hydrogens is 439 g/mol. The summed E-state index contributed by atoms with van der Waals surface area (Å²) in [6.45, 7) is 7.48. The predicted molar refractivity (Wildman–Crippen MR) is 109 cm³/mol. The minimum Gasteiger partial charge on any atom is -0.267 e. The zero-order chi connectivity index (χ0) is 22.4. The first-order valence-corrected chi connectivity index (χ1v) is 11.6. The lowest BCUT2D eigenvalue weighted by Crippen LogP contribution is -2.27. The maximum absolute atomic E-state index is 13.1. The number of benzene rings is 1. The quantitative estimate of drug-likeness (QED) is 0.585. The molecule has 30 heavy (non-hydrogen) atoms. The van der Waals surface area contributed by atoms with Crippen LogP contribution in [-0.4, -0.2) is 24.7 Å². The molecule has 1 heterocycles. The van der Waals surface area contributed by atoms with Crippen LogP contribution in [0.25, 0.3) is 0 Å². The molecule has 1 aliphatic carbocycles. The van der Waals surface area contributed by atoms with Crippen molar-refractivity contribution < 1.29 is 21.6 Å². The van der Waals surface area contributed by atoms with E-state index in [4.69, 9.17) is 11.6 Å². The molecule has 0 bridgehead atoms. The van der Waals surface area contributed by atoms with E-state index < -0.39 is 21.9 Å². The van der Waals surface area contributed by atoms with Crippen molar-refractivity contribution in [3.63, 3.8) is 0 Å². The molecule has 1 saturated carbocycles. The highest BCUT2D eigenvalue weighted by atomic mass is 35.5.